The lowest BCUT2D eigenvalue weighted by molar-refractivity contribution is 0.102. The van der Waals surface area contributed by atoms with Gasteiger partial charge in [-0.3, -0.25) is 4.79 Å². The number of carbonyl (C=O) groups is 1. The fourth-order valence-electron chi connectivity index (χ4n) is 1.50. The molecule has 1 aromatic heterocycles. The summed E-state index contributed by atoms with van der Waals surface area (Å²) in [4.78, 5) is 12.7. The Balaban J connectivity index is 2.61. The third kappa shape index (κ3) is 2.23. The van der Waals surface area contributed by atoms with E-state index in [1.165, 1.54) is 18.3 Å². The van der Waals surface area contributed by atoms with Gasteiger partial charge in [-0.1, -0.05) is 29.8 Å². The average Bonchev–Trinajstić information content (AvgIpc) is 2.71. The maximum absolute atomic E-state index is 11.3. The molecule has 0 N–H and O–H groups in total. The topological polar surface area (TPSA) is 40.9 Å². The third-order valence-electron chi connectivity index (χ3n) is 2.33. The van der Waals surface area contributed by atoms with Crippen molar-refractivity contribution in [3.05, 3.63) is 45.8 Å². The molecule has 0 aliphatic carbocycles. The number of nitrogens with zero attached hydrogens (tertiary/aromatic N) is 1. The summed E-state index contributed by atoms with van der Waals surface area (Å²) < 4.78 is 0. The third-order valence-corrected chi connectivity index (χ3v) is 4.01. The van der Waals surface area contributed by atoms with Crippen LogP contribution in [0, 0.1) is 11.3 Å². The normalized spacial score (nSPS) is 9.94. The Morgan fingerprint density at radius 3 is 2.71 bits per heavy atom. The van der Waals surface area contributed by atoms with Crippen molar-refractivity contribution in [2.75, 3.05) is 0 Å². The van der Waals surface area contributed by atoms with Crippen LogP contribution in [0.5, 0.6) is 0 Å². The highest BCUT2D eigenvalue weighted by molar-refractivity contribution is 7.18. The molecule has 84 valence electrons. The summed E-state index contributed by atoms with van der Waals surface area (Å²) >= 11 is 7.42. The molecule has 0 aliphatic rings. The van der Waals surface area contributed by atoms with Crippen molar-refractivity contribution in [3.63, 3.8) is 0 Å². The van der Waals surface area contributed by atoms with Crippen molar-refractivity contribution < 1.29 is 4.79 Å². The summed E-state index contributed by atoms with van der Waals surface area (Å²) in [6.45, 7) is 1.50. The van der Waals surface area contributed by atoms with Gasteiger partial charge in [0.05, 0.1) is 26.4 Å². The summed E-state index contributed by atoms with van der Waals surface area (Å²) in [7, 11) is 0. The van der Waals surface area contributed by atoms with Gasteiger partial charge in [0, 0.05) is 5.56 Å². The number of benzene rings is 1. The van der Waals surface area contributed by atoms with Crippen molar-refractivity contribution >= 4 is 28.7 Å². The van der Waals surface area contributed by atoms with Crippen molar-refractivity contribution in [1.29, 1.82) is 5.26 Å². The summed E-state index contributed by atoms with van der Waals surface area (Å²) in [5.74, 6) is -0.0161. The van der Waals surface area contributed by atoms with Crippen LogP contribution < -0.4 is 0 Å². The van der Waals surface area contributed by atoms with Crippen LogP contribution in [-0.4, -0.2) is 5.78 Å². The molecule has 0 saturated carbocycles. The fourth-order valence-corrected chi connectivity index (χ4v) is 2.88. The minimum atomic E-state index is -0.0161. The second-order valence-corrected chi connectivity index (χ2v) is 4.96. The highest BCUT2D eigenvalue weighted by Gasteiger charge is 2.14. The van der Waals surface area contributed by atoms with Gasteiger partial charge in [-0.05, 0) is 19.1 Å². The highest BCUT2D eigenvalue weighted by atomic mass is 35.5. The summed E-state index contributed by atoms with van der Waals surface area (Å²) in [6.07, 6.45) is 0. The second kappa shape index (κ2) is 4.70. The number of hydrogen-bond donors (Lipinski definition) is 0. The summed E-state index contributed by atoms with van der Waals surface area (Å²) in [5, 5.41) is 9.55. The Morgan fingerprint density at radius 1 is 1.41 bits per heavy atom. The van der Waals surface area contributed by atoms with Crippen molar-refractivity contribution in [2.24, 2.45) is 0 Å². The Bertz CT molecular complexity index is 625. The molecule has 0 fully saturated rings. The van der Waals surface area contributed by atoms with E-state index in [1.807, 2.05) is 12.1 Å². The van der Waals surface area contributed by atoms with Gasteiger partial charge >= 0.3 is 0 Å². The maximum Gasteiger partial charge on any atom is 0.169 e. The molecule has 0 saturated heterocycles. The number of ketones is 1. The van der Waals surface area contributed by atoms with Crippen LogP contribution in [0.1, 0.15) is 22.2 Å². The summed E-state index contributed by atoms with van der Waals surface area (Å²) in [5.41, 5.74) is 1.34. The van der Waals surface area contributed by atoms with E-state index in [0.29, 0.717) is 15.5 Å². The van der Waals surface area contributed by atoms with Gasteiger partial charge in [-0.2, -0.15) is 5.26 Å². The van der Waals surface area contributed by atoms with Crippen molar-refractivity contribution in [2.45, 2.75) is 6.92 Å². The van der Waals surface area contributed by atoms with E-state index in [4.69, 9.17) is 16.9 Å². The van der Waals surface area contributed by atoms with Gasteiger partial charge in [0.25, 0.3) is 0 Å². The second-order valence-electron chi connectivity index (χ2n) is 3.50. The van der Waals surface area contributed by atoms with Gasteiger partial charge in [-0.25, -0.2) is 0 Å². The molecule has 0 amide bonds. The molecule has 1 aromatic carbocycles. The lowest BCUT2D eigenvalue weighted by atomic mass is 10.1. The van der Waals surface area contributed by atoms with E-state index >= 15 is 0 Å². The van der Waals surface area contributed by atoms with Crippen LogP contribution in [-0.2, 0) is 0 Å². The number of halogens is 1. The predicted molar refractivity (Wildman–Crippen MR) is 69.5 cm³/mol. The van der Waals surface area contributed by atoms with Gasteiger partial charge in [0.15, 0.2) is 5.78 Å². The van der Waals surface area contributed by atoms with Gasteiger partial charge < -0.3 is 0 Å². The van der Waals surface area contributed by atoms with E-state index < -0.39 is 0 Å². The zero-order valence-electron chi connectivity index (χ0n) is 9.03. The number of rotatable bonds is 2. The Morgan fingerprint density at radius 2 is 2.12 bits per heavy atom. The van der Waals surface area contributed by atoms with Crippen LogP contribution in [0.3, 0.4) is 0 Å². The lowest BCUT2D eigenvalue weighted by Crippen LogP contribution is -1.83. The van der Waals surface area contributed by atoms with Gasteiger partial charge in [0.2, 0.25) is 0 Å². The molecule has 4 heteroatoms. The molecule has 0 unspecified atom stereocenters. The SMILES string of the molecule is CC(=O)c1cc(Cl)c(-c2ccccc2C#N)s1. The molecule has 1 heterocycles. The standard InChI is InChI=1S/C13H8ClNOS/c1-8(16)12-6-11(14)13(17-12)10-5-3-2-4-9(10)7-15/h2-6H,1H3. The summed E-state index contributed by atoms with van der Waals surface area (Å²) in [6, 6.07) is 11.0. The van der Waals surface area contributed by atoms with Crippen LogP contribution in [0.15, 0.2) is 30.3 Å². The van der Waals surface area contributed by atoms with Gasteiger partial charge in [-0.15, -0.1) is 11.3 Å². The number of Topliss-reactive ketones (excluding diaryl/α,β-unsaturated/α-hetero) is 1. The largest absolute Gasteiger partial charge is 0.294 e. The Labute approximate surface area is 108 Å². The first-order valence-electron chi connectivity index (χ1n) is 4.93. The predicted octanol–water partition coefficient (Wildman–Crippen LogP) is 4.14. The molecule has 0 aliphatic heterocycles. The fraction of sp³-hybridized carbons (Fsp3) is 0.0769. The first-order chi connectivity index (χ1) is 8.13. The molecular weight excluding hydrogens is 254 g/mol. The number of hydrogen-bond acceptors (Lipinski definition) is 3. The highest BCUT2D eigenvalue weighted by Crippen LogP contribution is 2.37. The van der Waals surface area contributed by atoms with Gasteiger partial charge in [0.1, 0.15) is 0 Å². The maximum atomic E-state index is 11.3. The first-order valence-corrected chi connectivity index (χ1v) is 6.12. The molecule has 0 spiro atoms. The minimum absolute atomic E-state index is 0.0161. The number of thiophene rings is 1. The molecule has 17 heavy (non-hydrogen) atoms. The van der Waals surface area contributed by atoms with Crippen molar-refractivity contribution in [3.8, 4) is 16.5 Å². The zero-order chi connectivity index (χ0) is 12.4. The quantitative estimate of drug-likeness (QED) is 0.762. The lowest BCUT2D eigenvalue weighted by Gasteiger charge is -2.00. The van der Waals surface area contributed by atoms with Crippen molar-refractivity contribution in [1.82, 2.24) is 0 Å². The first kappa shape index (κ1) is 11.8. The van der Waals surface area contributed by atoms with E-state index in [-0.39, 0.29) is 5.78 Å². The number of carbonyl (C=O) groups excluding carboxylic acids is 1. The van der Waals surface area contributed by atoms with E-state index in [1.54, 1.807) is 18.2 Å². The molecule has 2 rings (SSSR count). The Hall–Kier alpha value is -1.63. The average molecular weight is 262 g/mol. The molecule has 2 aromatic rings. The van der Waals surface area contributed by atoms with E-state index in [9.17, 15) is 4.79 Å². The van der Waals surface area contributed by atoms with E-state index in [2.05, 4.69) is 6.07 Å². The molecule has 0 atom stereocenters. The molecule has 2 nitrogen and oxygen atoms in total. The Kier molecular flexibility index (Phi) is 3.28. The van der Waals surface area contributed by atoms with Crippen LogP contribution >= 0.6 is 22.9 Å². The van der Waals surface area contributed by atoms with Crippen LogP contribution in [0.2, 0.25) is 5.02 Å². The monoisotopic (exact) mass is 261 g/mol. The molecule has 0 radical (unpaired) electrons. The van der Waals surface area contributed by atoms with Crippen LogP contribution in [0.25, 0.3) is 10.4 Å². The number of nitriles is 1. The zero-order valence-corrected chi connectivity index (χ0v) is 10.6. The minimum Gasteiger partial charge on any atom is -0.294 e. The van der Waals surface area contributed by atoms with Crippen LogP contribution in [0.4, 0.5) is 0 Å². The molecular formula is C13H8ClNOS. The smallest absolute Gasteiger partial charge is 0.169 e. The van der Waals surface area contributed by atoms with E-state index in [0.717, 1.165) is 10.4 Å². The molecule has 0 bridgehead atoms.